The first-order chi connectivity index (χ1) is 15.5. The van der Waals surface area contributed by atoms with Crippen molar-refractivity contribution in [3.63, 3.8) is 0 Å². The Morgan fingerprint density at radius 1 is 0.618 bits per heavy atom. The fourth-order valence-electron chi connectivity index (χ4n) is 7.59. The van der Waals surface area contributed by atoms with Crippen LogP contribution in [0.1, 0.15) is 35.1 Å². The summed E-state index contributed by atoms with van der Waals surface area (Å²) in [4.78, 5) is 0. The molecule has 2 saturated heterocycles. The van der Waals surface area contributed by atoms with Gasteiger partial charge in [0.2, 0.25) is 0 Å². The summed E-state index contributed by atoms with van der Waals surface area (Å²) < 4.78 is 0.839. The van der Waals surface area contributed by atoms with Crippen LogP contribution in [-0.2, 0) is 29.5 Å². The first kappa shape index (κ1) is 23.0. The molecule has 0 radical (unpaired) electrons. The summed E-state index contributed by atoms with van der Waals surface area (Å²) in [6.07, 6.45) is 8.08. The molecular weight excluding hydrogens is 551 g/mol. The summed E-state index contributed by atoms with van der Waals surface area (Å²) in [5.74, 6) is 0. The Balaban J connectivity index is 0.00000109. The fraction of sp³-hybridized carbons (Fsp3) is 0.200. The van der Waals surface area contributed by atoms with Gasteiger partial charge < -0.3 is 24.8 Å². The van der Waals surface area contributed by atoms with Gasteiger partial charge in [0.05, 0.1) is 0 Å². The summed E-state index contributed by atoms with van der Waals surface area (Å²) in [5, 5.41) is 9.39. The van der Waals surface area contributed by atoms with E-state index in [1.54, 1.807) is 11.1 Å². The Bertz CT molecular complexity index is 1480. The Hall–Kier alpha value is -1.44. The van der Waals surface area contributed by atoms with Gasteiger partial charge in [-0.2, -0.15) is 0 Å². The van der Waals surface area contributed by atoms with Crippen molar-refractivity contribution in [2.45, 2.75) is 32.2 Å². The second-order valence-electron chi connectivity index (χ2n) is 10.7. The Morgan fingerprint density at radius 3 is 1.41 bits per heavy atom. The van der Waals surface area contributed by atoms with Crippen LogP contribution in [0.5, 0.6) is 0 Å². The maximum absolute atomic E-state index is 2.67. The Morgan fingerprint density at radius 2 is 1.00 bits per heavy atom. The molecular formula is C30H24Cl2SiZr. The van der Waals surface area contributed by atoms with Crippen LogP contribution in [-0.4, -0.2) is 8.07 Å². The van der Waals surface area contributed by atoms with Crippen LogP contribution in [0.15, 0.2) is 83.2 Å². The third-order valence-electron chi connectivity index (χ3n) is 8.92. The molecule has 2 spiro atoms. The third-order valence-corrected chi connectivity index (χ3v) is 20.0. The third kappa shape index (κ3) is 2.59. The second-order valence-corrected chi connectivity index (χ2v) is 19.9. The predicted octanol–water partition coefficient (Wildman–Crippen LogP) is 1.56. The van der Waals surface area contributed by atoms with Crippen LogP contribution < -0.4 is 24.8 Å². The molecule has 0 amide bonds. The number of hydrogen-bond donors (Lipinski definition) is 0. The van der Waals surface area contributed by atoms with Crippen LogP contribution >= 0.6 is 0 Å². The average Bonchev–Trinajstić information content (AvgIpc) is 3.44. The predicted molar refractivity (Wildman–Crippen MR) is 134 cm³/mol. The molecule has 2 heterocycles. The number of rotatable bonds is 0. The monoisotopic (exact) mass is 572 g/mol. The van der Waals surface area contributed by atoms with Crippen LogP contribution in [0.25, 0.3) is 33.7 Å². The van der Waals surface area contributed by atoms with Crippen molar-refractivity contribution in [1.82, 2.24) is 0 Å². The number of allylic oxidation sites excluding steroid dienone is 2. The molecule has 8 rings (SSSR count). The van der Waals surface area contributed by atoms with Gasteiger partial charge in [-0.05, 0) is 0 Å². The zero-order valence-corrected chi connectivity index (χ0v) is 24.2. The normalized spacial score (nSPS) is 26.1. The van der Waals surface area contributed by atoms with Gasteiger partial charge in [-0.3, -0.25) is 0 Å². The van der Waals surface area contributed by atoms with E-state index in [9.17, 15) is 0 Å². The molecule has 4 aromatic rings. The van der Waals surface area contributed by atoms with Crippen molar-refractivity contribution in [1.29, 1.82) is 0 Å². The Kier molecular flexibility index (Phi) is 4.93. The quantitative estimate of drug-likeness (QED) is 0.280. The number of halogens is 2. The van der Waals surface area contributed by atoms with Gasteiger partial charge in [0.1, 0.15) is 0 Å². The zero-order valence-electron chi connectivity index (χ0n) is 19.3. The molecule has 0 nitrogen and oxygen atoms in total. The molecule has 0 N–H and O–H groups in total. The largest absolute Gasteiger partial charge is 1.00 e. The van der Waals surface area contributed by atoms with Gasteiger partial charge >= 0.3 is 203 Å². The van der Waals surface area contributed by atoms with E-state index in [0.717, 1.165) is 0 Å². The van der Waals surface area contributed by atoms with E-state index in [-0.39, 0.29) is 24.8 Å². The van der Waals surface area contributed by atoms with Crippen LogP contribution in [0.3, 0.4) is 0 Å². The summed E-state index contributed by atoms with van der Waals surface area (Å²) in [6.45, 7) is 5.32. The van der Waals surface area contributed by atoms with Crippen LogP contribution in [0.2, 0.25) is 13.1 Å². The minimum absolute atomic E-state index is 0. The van der Waals surface area contributed by atoms with E-state index in [0.29, 0.717) is 6.25 Å². The molecule has 0 saturated carbocycles. The van der Waals surface area contributed by atoms with E-state index in [2.05, 4.69) is 98.0 Å². The smallest absolute Gasteiger partial charge is 1.00 e. The summed E-state index contributed by atoms with van der Waals surface area (Å²) in [7, 11) is -1.71. The average molecular weight is 575 g/mol. The van der Waals surface area contributed by atoms with Gasteiger partial charge in [0.25, 0.3) is 0 Å². The van der Waals surface area contributed by atoms with Crippen LogP contribution in [0.4, 0.5) is 0 Å². The number of hydrogen-bond acceptors (Lipinski definition) is 0. The maximum atomic E-state index is 2.67. The van der Waals surface area contributed by atoms with E-state index in [4.69, 9.17) is 0 Å². The molecule has 2 aliphatic heterocycles. The van der Waals surface area contributed by atoms with Crippen molar-refractivity contribution >= 4 is 41.8 Å². The topological polar surface area (TPSA) is 0 Å². The van der Waals surface area contributed by atoms with E-state index in [1.807, 2.05) is 10.4 Å². The summed E-state index contributed by atoms with van der Waals surface area (Å²) >= 11 is -0.818. The van der Waals surface area contributed by atoms with Crippen molar-refractivity contribution < 1.29 is 48.0 Å². The first-order valence-corrected chi connectivity index (χ1v) is 17.3. The summed E-state index contributed by atoms with van der Waals surface area (Å²) in [5.41, 5.74) is 6.47. The molecule has 4 aromatic carbocycles. The van der Waals surface area contributed by atoms with E-state index in [1.165, 1.54) is 45.5 Å². The zero-order chi connectivity index (χ0) is 21.3. The van der Waals surface area contributed by atoms with E-state index >= 15 is 0 Å². The minimum atomic E-state index is -1.71. The molecule has 166 valence electrons. The van der Waals surface area contributed by atoms with Gasteiger partial charge in [-0.25, -0.2) is 0 Å². The fourth-order valence-corrected chi connectivity index (χ4v) is 22.7. The van der Waals surface area contributed by atoms with Crippen molar-refractivity contribution in [2.24, 2.45) is 0 Å². The van der Waals surface area contributed by atoms with Gasteiger partial charge in [0, 0.05) is 0 Å². The molecule has 34 heavy (non-hydrogen) atoms. The molecule has 0 aromatic heterocycles. The molecule has 2 fully saturated rings. The first-order valence-electron chi connectivity index (χ1n) is 11.8. The molecule has 2 aliphatic carbocycles. The summed E-state index contributed by atoms with van der Waals surface area (Å²) in [6, 6.07) is 28.1. The standard InChI is InChI=1S/C30H24Si.2ClH.Zr/c1-31(2)29-17-23-13-19-7-3-5-9-21(19)15-27(23)25(29)11-12-26-28-16-22-10-6-4-8-20(22)14-24(28)18-30(26)31;;;/h3-10,13-18H,11-12H2,1-2H3;2*1H;/q;;;+2/p-2. The van der Waals surface area contributed by atoms with Gasteiger partial charge in [-0.1, -0.05) is 0 Å². The molecule has 2 atom stereocenters. The van der Waals surface area contributed by atoms with Gasteiger partial charge in [-0.15, -0.1) is 0 Å². The van der Waals surface area contributed by atoms with Crippen molar-refractivity contribution in [2.75, 3.05) is 0 Å². The van der Waals surface area contributed by atoms with E-state index < -0.39 is 31.3 Å². The SMILES string of the molecule is C[Si]1(C)C2=Cc3cc4ccccc4cc3[C]23CC[C]2([Zr+2]3)C1=Cc1cc3ccccc3cc12.[Cl-].[Cl-]. The minimum Gasteiger partial charge on any atom is -1.00 e. The maximum Gasteiger partial charge on any atom is -1.00 e. The van der Waals surface area contributed by atoms with Crippen molar-refractivity contribution in [3.05, 3.63) is 105 Å². The van der Waals surface area contributed by atoms with Crippen molar-refractivity contribution in [3.8, 4) is 0 Å². The number of benzene rings is 4. The number of fused-ring (bicyclic) bond motifs is 4. The Labute approximate surface area is 225 Å². The van der Waals surface area contributed by atoms with Gasteiger partial charge in [0.15, 0.2) is 0 Å². The molecule has 2 unspecified atom stereocenters. The molecule has 4 aliphatic rings. The molecule has 4 heteroatoms. The second kappa shape index (κ2) is 7.30. The van der Waals surface area contributed by atoms with Crippen LogP contribution in [0, 0.1) is 0 Å². The molecule has 2 bridgehead atoms.